The van der Waals surface area contributed by atoms with Gasteiger partial charge in [-0.25, -0.2) is 9.97 Å². The van der Waals surface area contributed by atoms with E-state index in [0.717, 1.165) is 98.6 Å². The average Bonchev–Trinajstić information content (AvgIpc) is 4.15. The van der Waals surface area contributed by atoms with E-state index in [0.29, 0.717) is 47.9 Å². The number of hydrogen-bond donors (Lipinski definition) is 2. The number of aliphatic hydroxyl groups excluding tert-OH is 2. The molecule has 6 aromatic rings. The maximum absolute atomic E-state index is 15.6. The number of nitrogens with zero attached hydrogens (tertiary/aromatic N) is 4. The number of hydrogen-bond acceptors (Lipinski definition) is 7. The number of anilines is 2. The van der Waals surface area contributed by atoms with Gasteiger partial charge >= 0.3 is 0 Å². The van der Waals surface area contributed by atoms with Crippen molar-refractivity contribution in [1.29, 1.82) is 0 Å². The Hall–Kier alpha value is -5.63. The van der Waals surface area contributed by atoms with Gasteiger partial charge in [0.05, 0.1) is 23.6 Å². The molecular weight excluding hydrogens is 813 g/mol. The summed E-state index contributed by atoms with van der Waals surface area (Å²) in [6.07, 6.45) is 11.6. The van der Waals surface area contributed by atoms with E-state index in [1.54, 1.807) is 0 Å². The summed E-state index contributed by atoms with van der Waals surface area (Å²) in [5.41, 5.74) is 16.9. The average molecular weight is 871 g/mol. The second-order valence-corrected chi connectivity index (χ2v) is 21.8. The van der Waals surface area contributed by atoms with E-state index in [9.17, 15) is 10.2 Å². The number of ketones is 1. The first-order valence-corrected chi connectivity index (χ1v) is 25.2. The summed E-state index contributed by atoms with van der Waals surface area (Å²) in [4.78, 5) is 30.9. The highest BCUT2D eigenvalue weighted by Gasteiger charge is 2.50. The van der Waals surface area contributed by atoms with Gasteiger partial charge in [0, 0.05) is 60.2 Å². The number of pyridine rings is 2. The first kappa shape index (κ1) is 39.5. The molecule has 332 valence electrons. The molecule has 8 aliphatic rings. The molecule has 2 aromatic heterocycles. The van der Waals surface area contributed by atoms with Crippen LogP contribution in [0.3, 0.4) is 0 Å². The zero-order valence-electron chi connectivity index (χ0n) is 37.8. The van der Waals surface area contributed by atoms with Gasteiger partial charge in [0.2, 0.25) is 5.78 Å². The van der Waals surface area contributed by atoms with Crippen molar-refractivity contribution in [2.45, 2.75) is 124 Å². The fraction of sp³-hybridized carbons (Fsp3) is 0.407. The van der Waals surface area contributed by atoms with Crippen LogP contribution in [0.15, 0.2) is 109 Å². The Balaban J connectivity index is 0.787. The highest BCUT2D eigenvalue weighted by Crippen LogP contribution is 2.55. The summed E-state index contributed by atoms with van der Waals surface area (Å²) in [7, 11) is 0. The molecule has 7 nitrogen and oxygen atoms in total. The van der Waals surface area contributed by atoms with Crippen LogP contribution in [0.25, 0.3) is 22.3 Å². The third-order valence-corrected chi connectivity index (χ3v) is 17.3. The molecule has 2 N–H and O–H groups in total. The number of benzene rings is 4. The van der Waals surface area contributed by atoms with Gasteiger partial charge < -0.3 is 20.0 Å². The zero-order chi connectivity index (χ0) is 43.9. The second-order valence-electron chi connectivity index (χ2n) is 21.8. The van der Waals surface area contributed by atoms with Crippen LogP contribution in [0.1, 0.15) is 174 Å². The summed E-state index contributed by atoms with van der Waals surface area (Å²) < 4.78 is 0. The minimum atomic E-state index is -0.524. The molecule has 4 heterocycles. The molecule has 0 bridgehead atoms. The van der Waals surface area contributed by atoms with Crippen molar-refractivity contribution in [2.75, 3.05) is 36.0 Å². The number of rotatable bonds is 10. The highest BCUT2D eigenvalue weighted by molar-refractivity contribution is 6.13. The summed E-state index contributed by atoms with van der Waals surface area (Å²) in [5.74, 6) is 1.99. The van der Waals surface area contributed by atoms with Crippen LogP contribution in [0.4, 0.5) is 11.4 Å². The van der Waals surface area contributed by atoms with Crippen molar-refractivity contribution in [1.82, 2.24) is 9.97 Å². The van der Waals surface area contributed by atoms with Crippen molar-refractivity contribution < 1.29 is 15.0 Å². The van der Waals surface area contributed by atoms with Gasteiger partial charge in [-0.05, 0) is 181 Å². The Morgan fingerprint density at radius 2 is 0.924 bits per heavy atom. The van der Waals surface area contributed by atoms with Crippen LogP contribution in [0.5, 0.6) is 0 Å². The molecule has 14 rings (SSSR count). The van der Waals surface area contributed by atoms with Gasteiger partial charge in [-0.15, -0.1) is 0 Å². The fourth-order valence-electron chi connectivity index (χ4n) is 13.2. The second kappa shape index (κ2) is 14.7. The number of aliphatic hydroxyl groups is 2. The smallest absolute Gasteiger partial charge is 0.233 e. The summed E-state index contributed by atoms with van der Waals surface area (Å²) in [6.45, 7) is 3.03. The molecule has 0 radical (unpaired) electrons. The SMILES string of the molecule is O=C(c1nc(C2CC2)ccc1N1CC[C@]2(C[C@@H](O)c3cc(-c4ccccc4C4CC4)ccc32)C1)c1nc(C2CC2)ccc1N1CC[C@]2(C[C@@H](O)c3cc(-c4ccccc4C4CC4)ccc32)C1. The summed E-state index contributed by atoms with van der Waals surface area (Å²) in [6, 6.07) is 40.0. The Morgan fingerprint density at radius 3 is 1.35 bits per heavy atom. The Morgan fingerprint density at radius 1 is 0.500 bits per heavy atom. The Kier molecular flexibility index (Phi) is 8.79. The van der Waals surface area contributed by atoms with E-state index < -0.39 is 12.2 Å². The first-order chi connectivity index (χ1) is 32.3. The predicted molar refractivity (Wildman–Crippen MR) is 260 cm³/mol. The van der Waals surface area contributed by atoms with Crippen molar-refractivity contribution in [3.63, 3.8) is 0 Å². The minimum absolute atomic E-state index is 0.0939. The van der Waals surface area contributed by atoms with E-state index >= 15 is 4.79 Å². The van der Waals surface area contributed by atoms with Crippen LogP contribution < -0.4 is 9.80 Å². The lowest BCUT2D eigenvalue weighted by molar-refractivity contribution is 0.103. The molecular formula is C59H58N4O3. The van der Waals surface area contributed by atoms with E-state index in [1.165, 1.54) is 70.2 Å². The highest BCUT2D eigenvalue weighted by atomic mass is 16.3. The van der Waals surface area contributed by atoms with Crippen molar-refractivity contribution in [2.24, 2.45) is 0 Å². The maximum Gasteiger partial charge on any atom is 0.233 e. The van der Waals surface area contributed by atoms with Crippen molar-refractivity contribution >= 4 is 17.2 Å². The van der Waals surface area contributed by atoms with E-state index in [1.807, 2.05) is 0 Å². The van der Waals surface area contributed by atoms with E-state index in [-0.39, 0.29) is 16.6 Å². The van der Waals surface area contributed by atoms with Crippen LogP contribution in [-0.4, -0.2) is 52.1 Å². The quantitative estimate of drug-likeness (QED) is 0.133. The lowest BCUT2D eigenvalue weighted by atomic mass is 9.80. The van der Waals surface area contributed by atoms with Crippen LogP contribution in [0.2, 0.25) is 0 Å². The molecule has 6 aliphatic carbocycles. The molecule has 6 fully saturated rings. The van der Waals surface area contributed by atoms with E-state index in [2.05, 4.69) is 119 Å². The number of aromatic nitrogens is 2. The van der Waals surface area contributed by atoms with Crippen molar-refractivity contribution in [3.05, 3.63) is 165 Å². The summed E-state index contributed by atoms with van der Waals surface area (Å²) >= 11 is 0. The Bertz CT molecular complexity index is 2780. The lowest BCUT2D eigenvalue weighted by Gasteiger charge is -2.28. The standard InChI is InChI=1S/C59H58N4O3/c64-53-31-58(47-19-17-39(29-45(47)53)43-7-3-1-5-41(43)35-9-10-35)25-27-62(33-58)51-23-21-49(37-13-14-37)60-55(51)57(66)56-52(24-22-50(61-56)38-15-16-38)63-28-26-59(34-63)32-54(65)46-30-40(18-20-48(46)59)44-8-4-2-6-42(44)36-11-12-36/h1-8,17-24,29-30,35-38,53-54,64-65H,9-16,25-28,31-34H2/t53-,54-,58+,59+/m1/s1. The van der Waals surface area contributed by atoms with Crippen LogP contribution in [0, 0.1) is 0 Å². The van der Waals surface area contributed by atoms with Gasteiger partial charge in [-0.3, -0.25) is 4.79 Å². The van der Waals surface area contributed by atoms with Gasteiger partial charge in [-0.2, -0.15) is 0 Å². The number of carbonyl (C=O) groups is 1. The Labute approximate surface area is 388 Å². The third kappa shape index (κ3) is 6.47. The minimum Gasteiger partial charge on any atom is -0.388 e. The molecule has 66 heavy (non-hydrogen) atoms. The molecule has 2 aliphatic heterocycles. The third-order valence-electron chi connectivity index (χ3n) is 17.3. The predicted octanol–water partition coefficient (Wildman–Crippen LogP) is 11.7. The van der Waals surface area contributed by atoms with Crippen molar-refractivity contribution in [3.8, 4) is 22.3 Å². The molecule has 2 saturated heterocycles. The lowest BCUT2D eigenvalue weighted by Crippen LogP contribution is -2.31. The monoisotopic (exact) mass is 870 g/mol. The van der Waals surface area contributed by atoms with E-state index in [4.69, 9.17) is 9.97 Å². The molecule has 4 aromatic carbocycles. The van der Waals surface area contributed by atoms with Crippen LogP contribution in [-0.2, 0) is 10.8 Å². The molecule has 0 unspecified atom stereocenters. The zero-order valence-corrected chi connectivity index (χ0v) is 37.8. The molecule has 0 amide bonds. The normalized spacial score (nSPS) is 26.5. The van der Waals surface area contributed by atoms with Crippen LogP contribution >= 0.6 is 0 Å². The van der Waals surface area contributed by atoms with Gasteiger partial charge in [-0.1, -0.05) is 72.8 Å². The van der Waals surface area contributed by atoms with Gasteiger partial charge in [0.25, 0.3) is 0 Å². The molecule has 4 atom stereocenters. The topological polar surface area (TPSA) is 89.8 Å². The number of fused-ring (bicyclic) bond motifs is 4. The summed E-state index contributed by atoms with van der Waals surface area (Å²) in [5, 5.41) is 23.5. The fourth-order valence-corrected chi connectivity index (χ4v) is 13.2. The van der Waals surface area contributed by atoms with Gasteiger partial charge in [0.1, 0.15) is 11.4 Å². The molecule has 7 heteroatoms. The maximum atomic E-state index is 15.6. The molecule has 2 spiro atoms. The van der Waals surface area contributed by atoms with Gasteiger partial charge in [0.15, 0.2) is 0 Å². The largest absolute Gasteiger partial charge is 0.388 e. The number of carbonyl (C=O) groups excluding carboxylic acids is 1. The first-order valence-electron chi connectivity index (χ1n) is 25.2. The molecule has 4 saturated carbocycles.